The number of carbonyl (C=O) groups excluding carboxylic acids is 1. The standard InChI is InChI=1S/C7H15NO3/c1-3-6(5-9)8-7(10)11-4-2/h6,9H,3-5H2,1-2H3,(H,8,10)/t6-/m0/s1. The Morgan fingerprint density at radius 2 is 2.27 bits per heavy atom. The highest BCUT2D eigenvalue weighted by Crippen LogP contribution is 1.89. The molecule has 0 aliphatic heterocycles. The van der Waals surface area contributed by atoms with Crippen LogP contribution in [0.5, 0.6) is 0 Å². The van der Waals surface area contributed by atoms with Crippen molar-refractivity contribution in [3.63, 3.8) is 0 Å². The van der Waals surface area contributed by atoms with Gasteiger partial charge in [0.2, 0.25) is 0 Å². The van der Waals surface area contributed by atoms with Crippen molar-refractivity contribution in [2.75, 3.05) is 13.2 Å². The van der Waals surface area contributed by atoms with Crippen LogP contribution in [0.25, 0.3) is 0 Å². The number of aliphatic hydroxyl groups excluding tert-OH is 1. The molecule has 0 fully saturated rings. The maximum absolute atomic E-state index is 10.7. The van der Waals surface area contributed by atoms with Crippen molar-refractivity contribution >= 4 is 6.09 Å². The second kappa shape index (κ2) is 5.97. The van der Waals surface area contributed by atoms with Crippen LogP contribution in [0.3, 0.4) is 0 Å². The Kier molecular flexibility index (Phi) is 5.56. The molecule has 0 heterocycles. The largest absolute Gasteiger partial charge is 0.450 e. The van der Waals surface area contributed by atoms with E-state index in [1.165, 1.54) is 0 Å². The molecule has 0 saturated heterocycles. The molecule has 0 rings (SSSR count). The molecule has 4 heteroatoms. The van der Waals surface area contributed by atoms with Gasteiger partial charge in [-0.3, -0.25) is 0 Å². The lowest BCUT2D eigenvalue weighted by atomic mass is 10.2. The minimum Gasteiger partial charge on any atom is -0.450 e. The molecular weight excluding hydrogens is 146 g/mol. The topological polar surface area (TPSA) is 58.6 Å². The van der Waals surface area contributed by atoms with Gasteiger partial charge in [0, 0.05) is 0 Å². The first kappa shape index (κ1) is 10.2. The van der Waals surface area contributed by atoms with Crippen LogP contribution in [0.4, 0.5) is 4.79 Å². The SMILES string of the molecule is CCOC(=O)N[C@@H](CC)CO. The first-order chi connectivity index (χ1) is 5.24. The van der Waals surface area contributed by atoms with Crippen molar-refractivity contribution in [3.8, 4) is 0 Å². The monoisotopic (exact) mass is 161 g/mol. The molecule has 11 heavy (non-hydrogen) atoms. The summed E-state index contributed by atoms with van der Waals surface area (Å²) in [6, 6.07) is -0.186. The summed E-state index contributed by atoms with van der Waals surface area (Å²) in [4.78, 5) is 10.7. The molecule has 0 aromatic carbocycles. The van der Waals surface area contributed by atoms with Crippen LogP contribution in [0.1, 0.15) is 20.3 Å². The van der Waals surface area contributed by atoms with Gasteiger partial charge in [-0.15, -0.1) is 0 Å². The van der Waals surface area contributed by atoms with Gasteiger partial charge >= 0.3 is 6.09 Å². The normalized spacial score (nSPS) is 12.3. The smallest absolute Gasteiger partial charge is 0.407 e. The van der Waals surface area contributed by atoms with Gasteiger partial charge in [-0.25, -0.2) is 4.79 Å². The highest BCUT2D eigenvalue weighted by molar-refractivity contribution is 5.67. The molecule has 0 bridgehead atoms. The van der Waals surface area contributed by atoms with Gasteiger partial charge in [0.05, 0.1) is 19.3 Å². The Morgan fingerprint density at radius 3 is 2.64 bits per heavy atom. The summed E-state index contributed by atoms with van der Waals surface area (Å²) in [5.74, 6) is 0. The van der Waals surface area contributed by atoms with Crippen molar-refractivity contribution in [1.29, 1.82) is 0 Å². The van der Waals surface area contributed by atoms with E-state index in [1.54, 1.807) is 6.92 Å². The van der Waals surface area contributed by atoms with E-state index in [-0.39, 0.29) is 12.6 Å². The number of hydrogen-bond acceptors (Lipinski definition) is 3. The average molecular weight is 161 g/mol. The van der Waals surface area contributed by atoms with E-state index in [2.05, 4.69) is 10.1 Å². The van der Waals surface area contributed by atoms with Crippen LogP contribution in [-0.4, -0.2) is 30.5 Å². The van der Waals surface area contributed by atoms with Crippen LogP contribution >= 0.6 is 0 Å². The molecule has 0 aromatic heterocycles. The molecule has 66 valence electrons. The van der Waals surface area contributed by atoms with Gasteiger partial charge < -0.3 is 15.2 Å². The van der Waals surface area contributed by atoms with E-state index in [9.17, 15) is 4.79 Å². The summed E-state index contributed by atoms with van der Waals surface area (Å²) in [7, 11) is 0. The minimum atomic E-state index is -0.464. The van der Waals surface area contributed by atoms with Crippen LogP contribution in [0.2, 0.25) is 0 Å². The van der Waals surface area contributed by atoms with Crippen molar-refractivity contribution in [1.82, 2.24) is 5.32 Å². The highest BCUT2D eigenvalue weighted by atomic mass is 16.5. The minimum absolute atomic E-state index is 0.0463. The molecule has 1 atom stereocenters. The fourth-order valence-electron chi connectivity index (χ4n) is 0.616. The fraction of sp³-hybridized carbons (Fsp3) is 0.857. The van der Waals surface area contributed by atoms with Gasteiger partial charge in [0.1, 0.15) is 0 Å². The summed E-state index contributed by atoms with van der Waals surface area (Å²) in [5.41, 5.74) is 0. The quantitative estimate of drug-likeness (QED) is 0.631. The summed E-state index contributed by atoms with van der Waals surface area (Å²) in [6.07, 6.45) is 0.239. The third kappa shape index (κ3) is 4.61. The van der Waals surface area contributed by atoms with Crippen molar-refractivity contribution in [3.05, 3.63) is 0 Å². The number of aliphatic hydroxyl groups is 1. The van der Waals surface area contributed by atoms with Gasteiger partial charge in [-0.2, -0.15) is 0 Å². The van der Waals surface area contributed by atoms with Gasteiger partial charge in [-0.05, 0) is 13.3 Å². The van der Waals surface area contributed by atoms with Gasteiger partial charge in [0.15, 0.2) is 0 Å². The first-order valence-corrected chi connectivity index (χ1v) is 3.78. The van der Waals surface area contributed by atoms with Gasteiger partial charge in [-0.1, -0.05) is 6.92 Å². The zero-order valence-corrected chi connectivity index (χ0v) is 6.96. The predicted octanol–water partition coefficient (Wildman–Crippen LogP) is 0.503. The number of nitrogens with one attached hydrogen (secondary N) is 1. The third-order valence-corrected chi connectivity index (χ3v) is 1.31. The Balaban J connectivity index is 3.54. The lowest BCUT2D eigenvalue weighted by molar-refractivity contribution is 0.140. The van der Waals surface area contributed by atoms with E-state index in [0.29, 0.717) is 13.0 Å². The molecule has 0 radical (unpaired) electrons. The Bertz CT molecular complexity index is 112. The second-order valence-electron chi connectivity index (χ2n) is 2.15. The predicted molar refractivity (Wildman–Crippen MR) is 41.3 cm³/mol. The number of rotatable bonds is 4. The second-order valence-corrected chi connectivity index (χ2v) is 2.15. The van der Waals surface area contributed by atoms with E-state index in [1.807, 2.05) is 6.92 Å². The molecule has 2 N–H and O–H groups in total. The molecule has 1 amide bonds. The number of ether oxygens (including phenoxy) is 1. The zero-order valence-electron chi connectivity index (χ0n) is 6.96. The maximum Gasteiger partial charge on any atom is 0.407 e. The summed E-state index contributed by atoms with van der Waals surface area (Å²) in [5, 5.41) is 11.2. The summed E-state index contributed by atoms with van der Waals surface area (Å²) < 4.78 is 4.61. The number of alkyl carbamates (subject to hydrolysis) is 1. The Labute approximate surface area is 66.5 Å². The van der Waals surface area contributed by atoms with Crippen molar-refractivity contribution in [2.24, 2.45) is 0 Å². The molecule has 0 unspecified atom stereocenters. The lowest BCUT2D eigenvalue weighted by Crippen LogP contribution is -2.37. The van der Waals surface area contributed by atoms with Crippen molar-refractivity contribution in [2.45, 2.75) is 26.3 Å². The first-order valence-electron chi connectivity index (χ1n) is 3.78. The zero-order chi connectivity index (χ0) is 8.69. The fourth-order valence-corrected chi connectivity index (χ4v) is 0.616. The van der Waals surface area contributed by atoms with E-state index >= 15 is 0 Å². The summed E-state index contributed by atoms with van der Waals surface area (Å²) in [6.45, 7) is 3.93. The average Bonchev–Trinajstić information content (AvgIpc) is 2.01. The number of carbonyl (C=O) groups is 1. The maximum atomic E-state index is 10.7. The Morgan fingerprint density at radius 1 is 1.64 bits per heavy atom. The molecule has 0 spiro atoms. The van der Waals surface area contributed by atoms with Crippen LogP contribution in [0, 0.1) is 0 Å². The van der Waals surface area contributed by atoms with E-state index < -0.39 is 6.09 Å². The number of hydrogen-bond donors (Lipinski definition) is 2. The highest BCUT2D eigenvalue weighted by Gasteiger charge is 2.08. The van der Waals surface area contributed by atoms with Crippen molar-refractivity contribution < 1.29 is 14.6 Å². The summed E-state index contributed by atoms with van der Waals surface area (Å²) >= 11 is 0. The van der Waals surface area contributed by atoms with Crippen LogP contribution in [-0.2, 0) is 4.74 Å². The third-order valence-electron chi connectivity index (χ3n) is 1.31. The molecule has 0 saturated carbocycles. The van der Waals surface area contributed by atoms with E-state index in [0.717, 1.165) is 0 Å². The molecule has 4 nitrogen and oxygen atoms in total. The van der Waals surface area contributed by atoms with Crippen LogP contribution in [0.15, 0.2) is 0 Å². The molecule has 0 aromatic rings. The molecule has 0 aliphatic rings. The van der Waals surface area contributed by atoms with Gasteiger partial charge in [0.25, 0.3) is 0 Å². The molecular formula is C7H15NO3. The lowest BCUT2D eigenvalue weighted by Gasteiger charge is -2.12. The molecule has 0 aliphatic carbocycles. The number of amides is 1. The Hall–Kier alpha value is -0.770. The van der Waals surface area contributed by atoms with E-state index in [4.69, 9.17) is 5.11 Å². The van der Waals surface area contributed by atoms with Crippen LogP contribution < -0.4 is 5.32 Å².